The van der Waals surface area contributed by atoms with E-state index in [9.17, 15) is 0 Å². The molecule has 0 spiro atoms. The van der Waals surface area contributed by atoms with Gasteiger partial charge in [-0.25, -0.2) is 0 Å². The summed E-state index contributed by atoms with van der Waals surface area (Å²) in [7, 11) is 0. The van der Waals surface area contributed by atoms with Gasteiger partial charge in [0.1, 0.15) is 0 Å². The second kappa shape index (κ2) is 3.22. The lowest BCUT2D eigenvalue weighted by Gasteiger charge is -2.03. The van der Waals surface area contributed by atoms with E-state index in [-0.39, 0.29) is 0 Å². The van der Waals surface area contributed by atoms with E-state index in [0.717, 1.165) is 4.47 Å². The number of hydrogen-bond acceptors (Lipinski definition) is 0. The summed E-state index contributed by atoms with van der Waals surface area (Å²) in [5.74, 6) is 0. The van der Waals surface area contributed by atoms with E-state index >= 15 is 0 Å². The number of aryl methyl sites for hydroxylation is 2. The van der Waals surface area contributed by atoms with Crippen LogP contribution in [0.3, 0.4) is 0 Å². The highest BCUT2D eigenvalue weighted by atomic mass is 79.9. The molecular weight excluding hydrogens is 200 g/mol. The molecule has 0 aliphatic rings. The van der Waals surface area contributed by atoms with Crippen molar-refractivity contribution >= 4 is 22.0 Å². The second-order valence-electron chi connectivity index (χ2n) is 2.66. The van der Waals surface area contributed by atoms with Crippen LogP contribution in [0.4, 0.5) is 0 Å². The molecule has 0 aliphatic carbocycles. The van der Waals surface area contributed by atoms with Crippen LogP contribution in [0.5, 0.6) is 0 Å². The van der Waals surface area contributed by atoms with Crippen LogP contribution in [0.1, 0.15) is 16.7 Å². The Kier molecular flexibility index (Phi) is 2.50. The average Bonchev–Trinajstić information content (AvgIpc) is 1.97. The fourth-order valence-corrected chi connectivity index (χ4v) is 1.42. The molecule has 1 aromatic rings. The van der Waals surface area contributed by atoms with Gasteiger partial charge in [-0.3, -0.25) is 0 Å². The Morgan fingerprint density at radius 3 is 2.45 bits per heavy atom. The van der Waals surface area contributed by atoms with Crippen molar-refractivity contribution in [1.29, 1.82) is 0 Å². The minimum Gasteiger partial charge on any atom is -0.0985 e. The van der Waals surface area contributed by atoms with E-state index in [1.54, 1.807) is 0 Å². The third-order valence-corrected chi connectivity index (χ3v) is 2.62. The predicted octanol–water partition coefficient (Wildman–Crippen LogP) is 3.71. The van der Waals surface area contributed by atoms with Crippen molar-refractivity contribution in [2.75, 3.05) is 0 Å². The van der Waals surface area contributed by atoms with Crippen molar-refractivity contribution in [2.24, 2.45) is 0 Å². The Hall–Kier alpha value is -0.560. The van der Waals surface area contributed by atoms with Crippen LogP contribution in [-0.4, -0.2) is 0 Å². The maximum absolute atomic E-state index is 3.74. The molecule has 58 valence electrons. The van der Waals surface area contributed by atoms with Crippen LogP contribution in [0, 0.1) is 13.8 Å². The first-order chi connectivity index (χ1) is 5.15. The molecule has 1 aromatic carbocycles. The smallest absolute Gasteiger partial charge is 0.0210 e. The van der Waals surface area contributed by atoms with Gasteiger partial charge < -0.3 is 0 Å². The van der Waals surface area contributed by atoms with Gasteiger partial charge in [-0.15, -0.1) is 0 Å². The zero-order valence-corrected chi connectivity index (χ0v) is 8.40. The average molecular weight is 211 g/mol. The summed E-state index contributed by atoms with van der Waals surface area (Å²) in [6.07, 6.45) is 1.87. The van der Waals surface area contributed by atoms with Crippen molar-refractivity contribution in [2.45, 2.75) is 13.8 Å². The molecule has 0 bridgehead atoms. The molecule has 1 rings (SSSR count). The van der Waals surface area contributed by atoms with E-state index in [1.807, 2.05) is 6.08 Å². The van der Waals surface area contributed by atoms with Gasteiger partial charge in [0.2, 0.25) is 0 Å². The fraction of sp³-hybridized carbons (Fsp3) is 0.200. The SMILES string of the molecule is C=Cc1cc(Br)c(C)cc1C. The largest absolute Gasteiger partial charge is 0.0985 e. The maximum Gasteiger partial charge on any atom is 0.0210 e. The Bertz CT molecular complexity index is 287. The van der Waals surface area contributed by atoms with Crippen LogP contribution in [-0.2, 0) is 0 Å². The van der Waals surface area contributed by atoms with E-state index < -0.39 is 0 Å². The van der Waals surface area contributed by atoms with Crippen molar-refractivity contribution < 1.29 is 0 Å². The van der Waals surface area contributed by atoms with Crippen molar-refractivity contribution in [3.05, 3.63) is 39.9 Å². The zero-order chi connectivity index (χ0) is 8.43. The molecule has 0 atom stereocenters. The maximum atomic E-state index is 3.74. The summed E-state index contributed by atoms with van der Waals surface area (Å²) in [5.41, 5.74) is 3.75. The lowest BCUT2D eigenvalue weighted by atomic mass is 10.1. The minimum atomic E-state index is 1.15. The van der Waals surface area contributed by atoms with Gasteiger partial charge in [-0.05, 0) is 36.6 Å². The summed E-state index contributed by atoms with van der Waals surface area (Å²) in [6, 6.07) is 4.25. The van der Waals surface area contributed by atoms with Crippen LogP contribution in [0.2, 0.25) is 0 Å². The lowest BCUT2D eigenvalue weighted by molar-refractivity contribution is 1.34. The number of rotatable bonds is 1. The molecule has 11 heavy (non-hydrogen) atoms. The van der Waals surface area contributed by atoms with Crippen molar-refractivity contribution in [3.8, 4) is 0 Å². The Morgan fingerprint density at radius 2 is 1.91 bits per heavy atom. The summed E-state index contributed by atoms with van der Waals surface area (Å²) in [4.78, 5) is 0. The second-order valence-corrected chi connectivity index (χ2v) is 3.52. The molecule has 0 saturated carbocycles. The minimum absolute atomic E-state index is 1.15. The lowest BCUT2D eigenvalue weighted by Crippen LogP contribution is -1.83. The molecule has 0 saturated heterocycles. The van der Waals surface area contributed by atoms with E-state index in [0.29, 0.717) is 0 Å². The highest BCUT2D eigenvalue weighted by Gasteiger charge is 1.98. The third-order valence-electron chi connectivity index (χ3n) is 1.77. The summed E-state index contributed by atoms with van der Waals surface area (Å²) in [6.45, 7) is 7.92. The summed E-state index contributed by atoms with van der Waals surface area (Å²) in [5, 5.41) is 0. The van der Waals surface area contributed by atoms with Gasteiger partial charge in [0.05, 0.1) is 0 Å². The quantitative estimate of drug-likeness (QED) is 0.664. The van der Waals surface area contributed by atoms with Gasteiger partial charge in [-0.1, -0.05) is 34.7 Å². The Balaban J connectivity index is 3.31. The molecule has 1 heteroatoms. The molecule has 0 unspecified atom stereocenters. The van der Waals surface area contributed by atoms with Crippen molar-refractivity contribution in [3.63, 3.8) is 0 Å². The molecule has 0 amide bonds. The molecule has 0 aliphatic heterocycles. The first-order valence-corrected chi connectivity index (χ1v) is 4.33. The first-order valence-electron chi connectivity index (χ1n) is 3.54. The highest BCUT2D eigenvalue weighted by molar-refractivity contribution is 9.10. The molecule has 0 radical (unpaired) electrons. The predicted molar refractivity (Wildman–Crippen MR) is 53.7 cm³/mol. The van der Waals surface area contributed by atoms with Crippen molar-refractivity contribution in [1.82, 2.24) is 0 Å². The topological polar surface area (TPSA) is 0 Å². The zero-order valence-electron chi connectivity index (χ0n) is 6.82. The number of benzene rings is 1. The standard InChI is InChI=1S/C10H11Br/c1-4-9-6-10(11)8(3)5-7(9)2/h4-6H,1H2,2-3H3. The van der Waals surface area contributed by atoms with Crippen LogP contribution in [0.15, 0.2) is 23.2 Å². The fourth-order valence-electron chi connectivity index (χ4n) is 1.06. The molecule has 0 nitrogen and oxygen atoms in total. The molecule has 0 heterocycles. The molecular formula is C10H11Br. The Labute approximate surface area is 76.1 Å². The van der Waals surface area contributed by atoms with E-state index in [1.165, 1.54) is 16.7 Å². The summed E-state index contributed by atoms with van der Waals surface area (Å²) < 4.78 is 1.15. The molecule has 0 fully saturated rings. The van der Waals surface area contributed by atoms with Gasteiger partial charge >= 0.3 is 0 Å². The highest BCUT2D eigenvalue weighted by Crippen LogP contribution is 2.21. The van der Waals surface area contributed by atoms with E-state index in [4.69, 9.17) is 0 Å². The van der Waals surface area contributed by atoms with Gasteiger partial charge in [0.25, 0.3) is 0 Å². The summed E-state index contributed by atoms with van der Waals surface area (Å²) >= 11 is 3.47. The molecule has 0 N–H and O–H groups in total. The van der Waals surface area contributed by atoms with Gasteiger partial charge in [0.15, 0.2) is 0 Å². The van der Waals surface area contributed by atoms with Gasteiger partial charge in [-0.2, -0.15) is 0 Å². The normalized spacial score (nSPS) is 9.73. The van der Waals surface area contributed by atoms with Crippen LogP contribution >= 0.6 is 15.9 Å². The number of halogens is 1. The Morgan fingerprint density at radius 1 is 1.27 bits per heavy atom. The van der Waals surface area contributed by atoms with Crippen LogP contribution in [0.25, 0.3) is 6.08 Å². The number of hydrogen-bond donors (Lipinski definition) is 0. The van der Waals surface area contributed by atoms with Gasteiger partial charge in [0, 0.05) is 4.47 Å². The third kappa shape index (κ3) is 1.72. The monoisotopic (exact) mass is 210 g/mol. The first kappa shape index (κ1) is 8.54. The van der Waals surface area contributed by atoms with E-state index in [2.05, 4.69) is 48.5 Å². The molecule has 0 aromatic heterocycles. The van der Waals surface area contributed by atoms with Crippen LogP contribution < -0.4 is 0 Å².